The highest BCUT2D eigenvalue weighted by molar-refractivity contribution is 9.10. The van der Waals surface area contributed by atoms with Gasteiger partial charge in [-0.05, 0) is 30.3 Å². The molecule has 0 aliphatic rings. The molecule has 0 bridgehead atoms. The van der Waals surface area contributed by atoms with Crippen molar-refractivity contribution in [1.29, 1.82) is 0 Å². The third kappa shape index (κ3) is 3.30. The predicted molar refractivity (Wildman–Crippen MR) is 105 cm³/mol. The summed E-state index contributed by atoms with van der Waals surface area (Å²) in [6.07, 6.45) is 1.56. The number of halogens is 3. The van der Waals surface area contributed by atoms with Gasteiger partial charge in [-0.3, -0.25) is 0 Å². The van der Waals surface area contributed by atoms with Crippen molar-refractivity contribution < 1.29 is 0 Å². The minimum Gasteiger partial charge on any atom is -0.338 e. The third-order valence-corrected chi connectivity index (χ3v) is 4.56. The van der Waals surface area contributed by atoms with Crippen LogP contribution in [0.15, 0.2) is 46.0 Å². The largest absolute Gasteiger partial charge is 0.338 e. The van der Waals surface area contributed by atoms with E-state index in [9.17, 15) is 0 Å². The Balaban J connectivity index is 1.61. The van der Waals surface area contributed by atoms with E-state index in [1.54, 1.807) is 24.4 Å². The highest BCUT2D eigenvalue weighted by Crippen LogP contribution is 2.25. The van der Waals surface area contributed by atoms with Crippen LogP contribution in [-0.2, 0) is 0 Å². The van der Waals surface area contributed by atoms with Crippen LogP contribution in [0.5, 0.6) is 0 Å². The van der Waals surface area contributed by atoms with Crippen LogP contribution in [0.3, 0.4) is 0 Å². The quantitative estimate of drug-likeness (QED) is 0.349. The maximum absolute atomic E-state index is 6.09. The molecule has 0 fully saturated rings. The fourth-order valence-corrected chi connectivity index (χ4v) is 3.17. The van der Waals surface area contributed by atoms with Crippen LogP contribution in [0.4, 0.5) is 5.95 Å². The van der Waals surface area contributed by atoms with Gasteiger partial charge < -0.3 is 4.98 Å². The highest BCUT2D eigenvalue weighted by atomic mass is 79.9. The first-order valence-electron chi connectivity index (χ1n) is 7.16. The SMILES string of the molecule is Clc1ccc(/C=N/Nc2nnc3c(n2)[nH]c2ccc(Br)cc23)c(Cl)c1. The van der Waals surface area contributed by atoms with E-state index < -0.39 is 0 Å². The van der Waals surface area contributed by atoms with Gasteiger partial charge in [0.05, 0.1) is 11.2 Å². The lowest BCUT2D eigenvalue weighted by Gasteiger charge is -1.99. The smallest absolute Gasteiger partial charge is 0.265 e. The van der Waals surface area contributed by atoms with Crippen molar-refractivity contribution in [2.75, 3.05) is 5.43 Å². The second-order valence-electron chi connectivity index (χ2n) is 5.18. The number of fused-ring (bicyclic) bond motifs is 3. The average Bonchev–Trinajstić information content (AvgIpc) is 2.94. The Bertz CT molecular complexity index is 1120. The minimum absolute atomic E-state index is 0.277. The zero-order valence-electron chi connectivity index (χ0n) is 12.5. The van der Waals surface area contributed by atoms with E-state index in [0.29, 0.717) is 21.2 Å². The molecule has 2 heterocycles. The number of benzene rings is 2. The second kappa shape index (κ2) is 6.59. The van der Waals surface area contributed by atoms with Crippen LogP contribution in [0.25, 0.3) is 22.1 Å². The zero-order valence-corrected chi connectivity index (χ0v) is 15.6. The van der Waals surface area contributed by atoms with Gasteiger partial charge in [0, 0.05) is 26.0 Å². The predicted octanol–water partition coefficient (Wildman–Crippen LogP) is 5.02. The third-order valence-electron chi connectivity index (χ3n) is 3.51. The Morgan fingerprint density at radius 3 is 2.84 bits per heavy atom. The molecule has 9 heteroatoms. The van der Waals surface area contributed by atoms with Gasteiger partial charge in [-0.15, -0.1) is 10.2 Å². The lowest BCUT2D eigenvalue weighted by atomic mass is 10.2. The van der Waals surface area contributed by atoms with Gasteiger partial charge in [-0.1, -0.05) is 45.2 Å². The Kier molecular flexibility index (Phi) is 4.29. The molecule has 2 N–H and O–H groups in total. The number of nitrogens with one attached hydrogen (secondary N) is 2. The van der Waals surface area contributed by atoms with Crippen LogP contribution < -0.4 is 5.43 Å². The molecular weight excluding hydrogens is 427 g/mol. The number of aromatic nitrogens is 4. The van der Waals surface area contributed by atoms with Crippen molar-refractivity contribution in [3.8, 4) is 0 Å². The fraction of sp³-hybridized carbons (Fsp3) is 0. The maximum Gasteiger partial charge on any atom is 0.265 e. The van der Waals surface area contributed by atoms with Crippen LogP contribution in [0, 0.1) is 0 Å². The van der Waals surface area contributed by atoms with Gasteiger partial charge in [-0.2, -0.15) is 10.1 Å². The van der Waals surface area contributed by atoms with E-state index >= 15 is 0 Å². The Hall–Kier alpha value is -2.22. The molecule has 25 heavy (non-hydrogen) atoms. The van der Waals surface area contributed by atoms with Gasteiger partial charge in [0.2, 0.25) is 0 Å². The molecule has 0 atom stereocenters. The number of aromatic amines is 1. The molecule has 124 valence electrons. The summed E-state index contributed by atoms with van der Waals surface area (Å²) in [5.74, 6) is 0.277. The summed E-state index contributed by atoms with van der Waals surface area (Å²) in [5, 5.41) is 14.4. The van der Waals surface area contributed by atoms with E-state index in [1.165, 1.54) is 0 Å². The Morgan fingerprint density at radius 2 is 2.00 bits per heavy atom. The molecule has 4 rings (SSSR count). The summed E-state index contributed by atoms with van der Waals surface area (Å²) in [6.45, 7) is 0. The number of H-pyrrole nitrogens is 1. The summed E-state index contributed by atoms with van der Waals surface area (Å²) in [6, 6.07) is 11.0. The van der Waals surface area contributed by atoms with Gasteiger partial charge in [-0.25, -0.2) is 5.43 Å². The molecule has 0 saturated heterocycles. The molecule has 2 aromatic heterocycles. The van der Waals surface area contributed by atoms with Crippen molar-refractivity contribution in [3.63, 3.8) is 0 Å². The molecule has 0 saturated carbocycles. The van der Waals surface area contributed by atoms with Crippen LogP contribution in [0.2, 0.25) is 10.0 Å². The van der Waals surface area contributed by atoms with E-state index in [0.717, 1.165) is 20.9 Å². The average molecular weight is 436 g/mol. The molecule has 4 aromatic rings. The molecule has 0 aliphatic carbocycles. The summed E-state index contributed by atoms with van der Waals surface area (Å²) >= 11 is 15.4. The first-order valence-corrected chi connectivity index (χ1v) is 8.71. The van der Waals surface area contributed by atoms with Gasteiger partial charge in [0.25, 0.3) is 5.95 Å². The number of hydrazone groups is 1. The lowest BCUT2D eigenvalue weighted by Crippen LogP contribution is -1.99. The number of rotatable bonds is 3. The molecule has 0 aliphatic heterocycles. The highest BCUT2D eigenvalue weighted by Gasteiger charge is 2.09. The van der Waals surface area contributed by atoms with Crippen LogP contribution >= 0.6 is 39.1 Å². The summed E-state index contributed by atoms with van der Waals surface area (Å²) in [7, 11) is 0. The van der Waals surface area contributed by atoms with E-state index in [1.807, 2.05) is 18.2 Å². The number of hydrogen-bond acceptors (Lipinski definition) is 5. The Labute approximate surface area is 160 Å². The zero-order chi connectivity index (χ0) is 17.4. The van der Waals surface area contributed by atoms with E-state index in [-0.39, 0.29) is 5.95 Å². The minimum atomic E-state index is 0.277. The first-order chi connectivity index (χ1) is 12.1. The standard InChI is InChI=1S/C16H9BrCl2N6/c17-9-2-4-13-11(5-9)14-15(21-13)22-16(25-23-14)24-20-7-8-1-3-10(18)6-12(8)19/h1-7H,(H2,21,22,24,25)/b20-7+. The van der Waals surface area contributed by atoms with Crippen molar-refractivity contribution >= 4 is 73.4 Å². The molecule has 6 nitrogen and oxygen atoms in total. The van der Waals surface area contributed by atoms with Crippen molar-refractivity contribution in [2.24, 2.45) is 5.10 Å². The van der Waals surface area contributed by atoms with E-state index in [2.05, 4.69) is 46.6 Å². The normalized spacial score (nSPS) is 11.6. The monoisotopic (exact) mass is 434 g/mol. The van der Waals surface area contributed by atoms with Crippen LogP contribution in [0.1, 0.15) is 5.56 Å². The fourth-order valence-electron chi connectivity index (χ4n) is 2.36. The Morgan fingerprint density at radius 1 is 1.12 bits per heavy atom. The van der Waals surface area contributed by atoms with Crippen molar-refractivity contribution in [1.82, 2.24) is 20.2 Å². The molecular formula is C16H9BrCl2N6. The summed E-state index contributed by atoms with van der Waals surface area (Å²) in [5.41, 5.74) is 5.74. The van der Waals surface area contributed by atoms with Gasteiger partial charge in [0.15, 0.2) is 5.65 Å². The first kappa shape index (κ1) is 16.3. The van der Waals surface area contributed by atoms with Gasteiger partial charge in [0.1, 0.15) is 5.52 Å². The summed E-state index contributed by atoms with van der Waals surface area (Å²) < 4.78 is 0.967. The molecule has 0 amide bonds. The summed E-state index contributed by atoms with van der Waals surface area (Å²) in [4.78, 5) is 7.59. The van der Waals surface area contributed by atoms with Gasteiger partial charge >= 0.3 is 0 Å². The molecule has 0 unspecified atom stereocenters. The number of anilines is 1. The topological polar surface area (TPSA) is 78.8 Å². The van der Waals surface area contributed by atoms with Crippen LogP contribution in [-0.4, -0.2) is 26.4 Å². The molecule has 2 aromatic carbocycles. The molecule has 0 spiro atoms. The van der Waals surface area contributed by atoms with Crippen molar-refractivity contribution in [3.05, 3.63) is 56.5 Å². The maximum atomic E-state index is 6.09. The lowest BCUT2D eigenvalue weighted by molar-refractivity contribution is 1.01. The molecule has 0 radical (unpaired) electrons. The number of nitrogens with zero attached hydrogens (tertiary/aromatic N) is 4. The van der Waals surface area contributed by atoms with Crippen molar-refractivity contribution in [2.45, 2.75) is 0 Å². The second-order valence-corrected chi connectivity index (χ2v) is 6.94. The van der Waals surface area contributed by atoms with E-state index in [4.69, 9.17) is 23.2 Å². The number of hydrogen-bond donors (Lipinski definition) is 2.